The molecule has 2 aromatic heterocycles. The molecule has 1 aromatic carbocycles. The molecule has 3 aromatic rings. The van der Waals surface area contributed by atoms with Crippen LogP contribution in [-0.2, 0) is 0 Å². The third kappa shape index (κ3) is 3.98. The fraction of sp³-hybridized carbons (Fsp3) is 0.391. The summed E-state index contributed by atoms with van der Waals surface area (Å²) >= 11 is 3.49. The fourth-order valence-corrected chi connectivity index (χ4v) is 5.92. The van der Waals surface area contributed by atoms with Gasteiger partial charge >= 0.3 is 0 Å². The van der Waals surface area contributed by atoms with E-state index in [1.807, 2.05) is 6.07 Å². The molecule has 4 heteroatoms. The molecule has 1 atom stereocenters. The van der Waals surface area contributed by atoms with Crippen molar-refractivity contribution in [1.82, 2.24) is 0 Å². The molecule has 4 rings (SSSR count). The monoisotopic (exact) mass is 398 g/mol. The molecule has 0 aliphatic heterocycles. The lowest BCUT2D eigenvalue weighted by molar-refractivity contribution is 0.226. The van der Waals surface area contributed by atoms with Crippen LogP contribution in [0.1, 0.15) is 62.7 Å². The Bertz CT molecular complexity index is 876. The maximum atomic E-state index is 10.5. The molecule has 27 heavy (non-hydrogen) atoms. The number of hydrogen-bond donors (Lipinski definition) is 1. The van der Waals surface area contributed by atoms with Crippen LogP contribution >= 0.6 is 22.7 Å². The van der Waals surface area contributed by atoms with E-state index in [0.717, 1.165) is 29.9 Å². The second-order valence-electron chi connectivity index (χ2n) is 7.14. The first-order chi connectivity index (χ1) is 13.3. The van der Waals surface area contributed by atoms with Crippen molar-refractivity contribution in [3.63, 3.8) is 0 Å². The topological polar surface area (TPSA) is 29.5 Å². The zero-order chi connectivity index (χ0) is 18.6. The van der Waals surface area contributed by atoms with Gasteiger partial charge in [0.05, 0.1) is 16.4 Å². The molecule has 0 radical (unpaired) electrons. The van der Waals surface area contributed by atoms with Crippen molar-refractivity contribution in [2.45, 2.75) is 51.6 Å². The van der Waals surface area contributed by atoms with Crippen LogP contribution in [-0.4, -0.2) is 11.7 Å². The van der Waals surface area contributed by atoms with E-state index in [-0.39, 0.29) is 0 Å². The first-order valence-corrected chi connectivity index (χ1v) is 11.6. The highest BCUT2D eigenvalue weighted by Crippen LogP contribution is 2.52. The van der Waals surface area contributed by atoms with E-state index < -0.39 is 6.10 Å². The Morgan fingerprint density at radius 3 is 2.52 bits per heavy atom. The zero-order valence-corrected chi connectivity index (χ0v) is 17.4. The Morgan fingerprint density at radius 2 is 1.70 bits per heavy atom. The smallest absolute Gasteiger partial charge is 0.119 e. The molecule has 1 aliphatic rings. The summed E-state index contributed by atoms with van der Waals surface area (Å²) in [5, 5.41) is 12.6. The SMILES string of the molecule is CCCCCCCCOc1ccc(-c2cc3c(s2)-c2sccc2C3O)cc1. The second-order valence-corrected chi connectivity index (χ2v) is 9.11. The van der Waals surface area contributed by atoms with Crippen molar-refractivity contribution in [2.75, 3.05) is 6.61 Å². The predicted molar refractivity (Wildman–Crippen MR) is 116 cm³/mol. The number of unbranched alkanes of at least 4 members (excludes halogenated alkanes) is 5. The average molecular weight is 399 g/mol. The molecule has 0 amide bonds. The summed E-state index contributed by atoms with van der Waals surface area (Å²) in [6, 6.07) is 12.5. The van der Waals surface area contributed by atoms with E-state index in [1.54, 1.807) is 22.7 Å². The van der Waals surface area contributed by atoms with Crippen molar-refractivity contribution >= 4 is 22.7 Å². The van der Waals surface area contributed by atoms with Gasteiger partial charge in [-0.25, -0.2) is 0 Å². The van der Waals surface area contributed by atoms with Crippen molar-refractivity contribution < 1.29 is 9.84 Å². The van der Waals surface area contributed by atoms with Crippen LogP contribution in [0.5, 0.6) is 5.75 Å². The predicted octanol–water partition coefficient (Wildman–Crippen LogP) is 7.28. The highest BCUT2D eigenvalue weighted by molar-refractivity contribution is 7.23. The Hall–Kier alpha value is -1.62. The maximum Gasteiger partial charge on any atom is 0.119 e. The van der Waals surface area contributed by atoms with Gasteiger partial charge in [0.25, 0.3) is 0 Å². The van der Waals surface area contributed by atoms with Crippen LogP contribution in [0.15, 0.2) is 41.8 Å². The van der Waals surface area contributed by atoms with E-state index in [9.17, 15) is 5.11 Å². The number of rotatable bonds is 9. The molecule has 0 saturated carbocycles. The molecular formula is C23H26O2S2. The van der Waals surface area contributed by atoms with Gasteiger partial charge < -0.3 is 9.84 Å². The van der Waals surface area contributed by atoms with E-state index >= 15 is 0 Å². The lowest BCUT2D eigenvalue weighted by Crippen LogP contribution is -1.97. The lowest BCUT2D eigenvalue weighted by Gasteiger charge is -2.07. The van der Waals surface area contributed by atoms with Crippen molar-refractivity contribution in [1.29, 1.82) is 0 Å². The van der Waals surface area contributed by atoms with E-state index in [0.29, 0.717) is 0 Å². The summed E-state index contributed by atoms with van der Waals surface area (Å²) in [5.41, 5.74) is 3.30. The fourth-order valence-electron chi connectivity index (χ4n) is 3.60. The largest absolute Gasteiger partial charge is 0.494 e. The van der Waals surface area contributed by atoms with Crippen LogP contribution in [0, 0.1) is 0 Å². The van der Waals surface area contributed by atoms with Gasteiger partial charge in [0.1, 0.15) is 11.9 Å². The quantitative estimate of drug-likeness (QED) is 0.384. The molecule has 1 aliphatic carbocycles. The maximum absolute atomic E-state index is 10.5. The minimum atomic E-state index is -0.466. The van der Waals surface area contributed by atoms with Gasteiger partial charge in [0.15, 0.2) is 0 Å². The van der Waals surface area contributed by atoms with Crippen LogP contribution in [0.2, 0.25) is 0 Å². The first-order valence-electron chi connectivity index (χ1n) is 9.90. The van der Waals surface area contributed by atoms with Crippen molar-refractivity contribution in [2.24, 2.45) is 0 Å². The van der Waals surface area contributed by atoms with E-state index in [2.05, 4.69) is 42.6 Å². The third-order valence-corrected chi connectivity index (χ3v) is 7.45. The third-order valence-electron chi connectivity index (χ3n) is 5.16. The summed E-state index contributed by atoms with van der Waals surface area (Å²) < 4.78 is 5.88. The standard InChI is InChI=1S/C23H26O2S2/c1-2-3-4-5-6-7-13-25-17-10-8-16(9-11-17)20-15-19-21(24)18-12-14-26-22(18)23(19)27-20/h8-12,14-15,21,24H,2-7,13H2,1H3. The van der Waals surface area contributed by atoms with Gasteiger partial charge in [-0.3, -0.25) is 0 Å². The minimum absolute atomic E-state index is 0.466. The molecule has 1 unspecified atom stereocenters. The van der Waals surface area contributed by atoms with Gasteiger partial charge in [-0.2, -0.15) is 0 Å². The summed E-state index contributed by atoms with van der Waals surface area (Å²) in [6.07, 6.45) is 7.22. The molecule has 2 heterocycles. The normalized spacial score (nSPS) is 15.0. The molecular weight excluding hydrogens is 372 g/mol. The molecule has 142 valence electrons. The van der Waals surface area contributed by atoms with Crippen LogP contribution < -0.4 is 4.74 Å². The van der Waals surface area contributed by atoms with Gasteiger partial charge in [-0.15, -0.1) is 22.7 Å². The number of aliphatic hydroxyl groups excluding tert-OH is 1. The van der Waals surface area contributed by atoms with E-state index in [1.165, 1.54) is 52.3 Å². The van der Waals surface area contributed by atoms with Gasteiger partial charge in [0.2, 0.25) is 0 Å². The Kier molecular flexibility index (Phi) is 5.96. The Balaban J connectivity index is 1.34. The highest BCUT2D eigenvalue weighted by Gasteiger charge is 2.30. The number of hydrogen-bond acceptors (Lipinski definition) is 4. The highest BCUT2D eigenvalue weighted by atomic mass is 32.1. The van der Waals surface area contributed by atoms with Crippen molar-refractivity contribution in [3.8, 4) is 25.9 Å². The first kappa shape index (κ1) is 18.7. The van der Waals surface area contributed by atoms with Crippen LogP contribution in [0.3, 0.4) is 0 Å². The summed E-state index contributed by atoms with van der Waals surface area (Å²) in [6.45, 7) is 3.05. The molecule has 0 fully saturated rings. The van der Waals surface area contributed by atoms with Gasteiger partial charge in [0, 0.05) is 16.0 Å². The summed E-state index contributed by atoms with van der Waals surface area (Å²) in [7, 11) is 0. The number of fused-ring (bicyclic) bond motifs is 3. The van der Waals surface area contributed by atoms with Gasteiger partial charge in [-0.05, 0) is 53.8 Å². The van der Waals surface area contributed by atoms with Crippen LogP contribution in [0.4, 0.5) is 0 Å². The second kappa shape index (κ2) is 8.59. The van der Waals surface area contributed by atoms with Crippen LogP contribution in [0.25, 0.3) is 20.2 Å². The minimum Gasteiger partial charge on any atom is -0.494 e. The molecule has 0 bridgehead atoms. The van der Waals surface area contributed by atoms with Crippen molar-refractivity contribution in [3.05, 3.63) is 52.9 Å². The number of thiophene rings is 2. The summed E-state index contributed by atoms with van der Waals surface area (Å²) in [4.78, 5) is 3.67. The number of aliphatic hydroxyl groups is 1. The Morgan fingerprint density at radius 1 is 0.926 bits per heavy atom. The number of ether oxygens (including phenoxy) is 1. The summed E-state index contributed by atoms with van der Waals surface area (Å²) in [5.74, 6) is 0.942. The Labute approximate surface area is 169 Å². The molecule has 2 nitrogen and oxygen atoms in total. The molecule has 1 N–H and O–H groups in total. The zero-order valence-electron chi connectivity index (χ0n) is 15.7. The number of benzene rings is 1. The molecule has 0 spiro atoms. The average Bonchev–Trinajstić information content (AvgIpc) is 3.38. The van der Waals surface area contributed by atoms with Gasteiger partial charge in [-0.1, -0.05) is 39.0 Å². The van der Waals surface area contributed by atoms with E-state index in [4.69, 9.17) is 4.74 Å². The molecule has 0 saturated heterocycles. The lowest BCUT2D eigenvalue weighted by atomic mass is 10.1.